The van der Waals surface area contributed by atoms with Crippen molar-refractivity contribution in [2.24, 2.45) is 0 Å². The van der Waals surface area contributed by atoms with E-state index in [1.165, 1.54) is 25.3 Å². The molecule has 0 saturated carbocycles. The van der Waals surface area contributed by atoms with Crippen molar-refractivity contribution in [3.05, 3.63) is 53.6 Å². The summed E-state index contributed by atoms with van der Waals surface area (Å²) in [6, 6.07) is 11.4. The van der Waals surface area contributed by atoms with Gasteiger partial charge in [-0.2, -0.15) is 8.78 Å². The average molecular weight is 381 g/mol. The maximum absolute atomic E-state index is 12.3. The van der Waals surface area contributed by atoms with Crippen molar-refractivity contribution in [3.63, 3.8) is 0 Å². The van der Waals surface area contributed by atoms with E-state index in [1.807, 2.05) is 31.2 Å². The van der Waals surface area contributed by atoms with Crippen LogP contribution in [0.25, 0.3) is 0 Å². The van der Waals surface area contributed by atoms with Crippen LogP contribution in [0.4, 0.5) is 14.5 Å². The van der Waals surface area contributed by atoms with Crippen LogP contribution in [0.2, 0.25) is 0 Å². The number of hydrogen-bond acceptors (Lipinski definition) is 4. The molecule has 0 atom stereocenters. The van der Waals surface area contributed by atoms with Crippen LogP contribution in [-0.4, -0.2) is 24.7 Å². The van der Waals surface area contributed by atoms with Crippen LogP contribution in [0.5, 0.6) is 11.5 Å². The number of hydrogen-bond donors (Lipinski definition) is 3. The molecule has 9 heteroatoms. The van der Waals surface area contributed by atoms with E-state index in [0.29, 0.717) is 0 Å². The van der Waals surface area contributed by atoms with Gasteiger partial charge >= 0.3 is 6.61 Å². The number of methoxy groups -OCH3 is 1. The summed E-state index contributed by atoms with van der Waals surface area (Å²) in [6.07, 6.45) is 0. The smallest absolute Gasteiger partial charge is 0.387 e. The van der Waals surface area contributed by atoms with E-state index >= 15 is 0 Å². The van der Waals surface area contributed by atoms with Gasteiger partial charge in [0.1, 0.15) is 0 Å². The number of aryl methyl sites for hydroxylation is 1. The summed E-state index contributed by atoms with van der Waals surface area (Å²) in [5.74, 6) is -0.679. The van der Waals surface area contributed by atoms with Gasteiger partial charge in [-0.05, 0) is 49.5 Å². The Labute approximate surface area is 154 Å². The normalized spacial score (nSPS) is 10.2. The highest BCUT2D eigenvalue weighted by Gasteiger charge is 2.14. The van der Waals surface area contributed by atoms with Crippen molar-refractivity contribution in [2.75, 3.05) is 12.4 Å². The van der Waals surface area contributed by atoms with E-state index < -0.39 is 12.5 Å². The Kier molecular flexibility index (Phi) is 6.67. The van der Waals surface area contributed by atoms with Crippen LogP contribution in [0, 0.1) is 6.92 Å². The van der Waals surface area contributed by atoms with Gasteiger partial charge in [-0.1, -0.05) is 17.7 Å². The molecule has 2 rings (SSSR count). The highest BCUT2D eigenvalue weighted by Crippen LogP contribution is 2.29. The standard InChI is InChI=1S/C17H17F2N3O3S/c1-10-3-6-12(7-4-10)20-17(26)22-21-15(23)11-5-8-13(25-16(18)19)14(9-11)24-2/h3-9,16H,1-2H3,(H,21,23)(H2,20,22,26). The molecule has 0 aliphatic rings. The fourth-order valence-corrected chi connectivity index (χ4v) is 2.16. The van der Waals surface area contributed by atoms with Gasteiger partial charge in [0.15, 0.2) is 16.6 Å². The summed E-state index contributed by atoms with van der Waals surface area (Å²) < 4.78 is 33.9. The van der Waals surface area contributed by atoms with Gasteiger partial charge in [-0.3, -0.25) is 15.6 Å². The topological polar surface area (TPSA) is 71.6 Å². The molecule has 2 aromatic rings. The van der Waals surface area contributed by atoms with E-state index in [4.69, 9.17) is 17.0 Å². The Morgan fingerprint density at radius 1 is 1.08 bits per heavy atom. The van der Waals surface area contributed by atoms with Gasteiger partial charge in [0, 0.05) is 11.3 Å². The van der Waals surface area contributed by atoms with Crippen molar-refractivity contribution in [2.45, 2.75) is 13.5 Å². The zero-order valence-corrected chi connectivity index (χ0v) is 14.8. The summed E-state index contributed by atoms with van der Waals surface area (Å²) in [4.78, 5) is 12.1. The van der Waals surface area contributed by atoms with E-state index in [9.17, 15) is 13.6 Å². The minimum Gasteiger partial charge on any atom is -0.493 e. The van der Waals surface area contributed by atoms with E-state index in [0.717, 1.165) is 11.3 Å². The Hall–Kier alpha value is -2.94. The van der Waals surface area contributed by atoms with E-state index in [-0.39, 0.29) is 22.2 Å². The summed E-state index contributed by atoms with van der Waals surface area (Å²) in [5, 5.41) is 3.09. The first-order chi connectivity index (χ1) is 12.4. The predicted octanol–water partition coefficient (Wildman–Crippen LogP) is 3.24. The largest absolute Gasteiger partial charge is 0.493 e. The number of alkyl halides is 2. The first kappa shape index (κ1) is 19.4. The number of carbonyl (C=O) groups is 1. The molecule has 2 aromatic carbocycles. The van der Waals surface area contributed by atoms with Crippen LogP contribution in [0.15, 0.2) is 42.5 Å². The number of hydrazine groups is 1. The van der Waals surface area contributed by atoms with Crippen LogP contribution < -0.4 is 25.6 Å². The van der Waals surface area contributed by atoms with Crippen molar-refractivity contribution >= 4 is 28.9 Å². The highest BCUT2D eigenvalue weighted by atomic mass is 32.1. The molecule has 0 spiro atoms. The van der Waals surface area contributed by atoms with Crippen molar-refractivity contribution < 1.29 is 23.0 Å². The monoisotopic (exact) mass is 381 g/mol. The van der Waals surface area contributed by atoms with Gasteiger partial charge in [0.2, 0.25) is 0 Å². The molecular formula is C17H17F2N3O3S. The second-order valence-corrected chi connectivity index (χ2v) is 5.55. The SMILES string of the molecule is COc1cc(C(=O)NNC(=S)Nc2ccc(C)cc2)ccc1OC(F)F. The number of nitrogens with one attached hydrogen (secondary N) is 3. The lowest BCUT2D eigenvalue weighted by Gasteiger charge is -2.13. The summed E-state index contributed by atoms with van der Waals surface area (Å²) in [6.45, 7) is -1.03. The van der Waals surface area contributed by atoms with E-state index in [1.54, 1.807) is 0 Å². The molecule has 138 valence electrons. The van der Waals surface area contributed by atoms with Gasteiger partial charge in [-0.15, -0.1) is 0 Å². The molecule has 0 heterocycles. The maximum Gasteiger partial charge on any atom is 0.387 e. The molecule has 0 bridgehead atoms. The molecule has 0 aliphatic heterocycles. The molecule has 0 radical (unpaired) electrons. The number of halogens is 2. The third-order valence-electron chi connectivity index (χ3n) is 3.24. The molecule has 0 fully saturated rings. The molecule has 26 heavy (non-hydrogen) atoms. The third-order valence-corrected chi connectivity index (χ3v) is 3.44. The zero-order chi connectivity index (χ0) is 19.1. The second kappa shape index (κ2) is 8.95. The van der Waals surface area contributed by atoms with Crippen LogP contribution in [-0.2, 0) is 0 Å². The number of ether oxygens (including phenoxy) is 2. The fraction of sp³-hybridized carbons (Fsp3) is 0.176. The minimum absolute atomic E-state index is 0.0123. The Balaban J connectivity index is 1.94. The van der Waals surface area contributed by atoms with E-state index in [2.05, 4.69) is 20.9 Å². The Morgan fingerprint density at radius 3 is 2.38 bits per heavy atom. The van der Waals surface area contributed by atoms with Gasteiger partial charge < -0.3 is 14.8 Å². The Bertz CT molecular complexity index is 785. The zero-order valence-electron chi connectivity index (χ0n) is 14.0. The summed E-state index contributed by atoms with van der Waals surface area (Å²) in [7, 11) is 1.29. The second-order valence-electron chi connectivity index (χ2n) is 5.14. The van der Waals surface area contributed by atoms with Gasteiger partial charge in [0.25, 0.3) is 5.91 Å². The summed E-state index contributed by atoms with van der Waals surface area (Å²) in [5.41, 5.74) is 7.01. The lowest BCUT2D eigenvalue weighted by Crippen LogP contribution is -2.43. The number of thiocarbonyl (C=S) groups is 1. The van der Waals surface area contributed by atoms with Crippen molar-refractivity contribution in [3.8, 4) is 11.5 Å². The number of carbonyl (C=O) groups excluding carboxylic acids is 1. The number of benzene rings is 2. The molecule has 0 unspecified atom stereocenters. The number of amides is 1. The van der Waals surface area contributed by atoms with Gasteiger partial charge in [-0.25, -0.2) is 0 Å². The lowest BCUT2D eigenvalue weighted by atomic mass is 10.2. The predicted molar refractivity (Wildman–Crippen MR) is 97.6 cm³/mol. The lowest BCUT2D eigenvalue weighted by molar-refractivity contribution is -0.0512. The molecule has 0 saturated heterocycles. The molecule has 0 aromatic heterocycles. The van der Waals surface area contributed by atoms with Crippen molar-refractivity contribution in [1.29, 1.82) is 0 Å². The molecule has 3 N–H and O–H groups in total. The van der Waals surface area contributed by atoms with Crippen LogP contribution >= 0.6 is 12.2 Å². The van der Waals surface area contributed by atoms with Crippen molar-refractivity contribution in [1.82, 2.24) is 10.9 Å². The third kappa shape index (κ3) is 5.55. The Morgan fingerprint density at radius 2 is 1.77 bits per heavy atom. The fourth-order valence-electron chi connectivity index (χ4n) is 1.99. The molecule has 1 amide bonds. The number of rotatable bonds is 5. The summed E-state index contributed by atoms with van der Waals surface area (Å²) >= 11 is 5.09. The molecular weight excluding hydrogens is 364 g/mol. The number of anilines is 1. The van der Waals surface area contributed by atoms with Crippen LogP contribution in [0.3, 0.4) is 0 Å². The quantitative estimate of drug-likeness (QED) is 0.546. The van der Waals surface area contributed by atoms with Gasteiger partial charge in [0.05, 0.1) is 7.11 Å². The first-order valence-electron chi connectivity index (χ1n) is 7.46. The molecule has 0 aliphatic carbocycles. The van der Waals surface area contributed by atoms with Crippen LogP contribution in [0.1, 0.15) is 15.9 Å². The molecule has 6 nitrogen and oxygen atoms in total. The first-order valence-corrected chi connectivity index (χ1v) is 7.86. The maximum atomic E-state index is 12.3. The highest BCUT2D eigenvalue weighted by molar-refractivity contribution is 7.80. The average Bonchev–Trinajstić information content (AvgIpc) is 2.61. The minimum atomic E-state index is -2.99.